The molecule has 0 amide bonds. The Kier molecular flexibility index (Phi) is 8.76. The first-order valence-electron chi connectivity index (χ1n) is 21.7. The molecule has 63 heavy (non-hydrogen) atoms. The Hall–Kier alpha value is -8.20. The minimum atomic E-state index is -0.508. The van der Waals surface area contributed by atoms with Gasteiger partial charge < -0.3 is 9.32 Å². The minimum absolute atomic E-state index is 0.508. The summed E-state index contributed by atoms with van der Waals surface area (Å²) in [4.78, 5) is 2.49. The van der Waals surface area contributed by atoms with Crippen LogP contribution in [0.4, 0.5) is 17.1 Å². The minimum Gasteiger partial charge on any atom is -0.456 e. The summed E-state index contributed by atoms with van der Waals surface area (Å²) in [5, 5.41) is 2.15. The molecule has 0 N–H and O–H groups in total. The summed E-state index contributed by atoms with van der Waals surface area (Å²) >= 11 is 0. The van der Waals surface area contributed by atoms with Crippen LogP contribution in [0, 0.1) is 0 Å². The van der Waals surface area contributed by atoms with Crippen LogP contribution >= 0.6 is 0 Å². The van der Waals surface area contributed by atoms with E-state index in [-0.39, 0.29) is 0 Å². The molecule has 10 aromatic carbocycles. The van der Waals surface area contributed by atoms with Crippen LogP contribution in [0.25, 0.3) is 66.4 Å². The quantitative estimate of drug-likeness (QED) is 0.152. The van der Waals surface area contributed by atoms with E-state index in [2.05, 4.69) is 248 Å². The van der Waals surface area contributed by atoms with Crippen LogP contribution in [-0.2, 0) is 5.41 Å². The lowest BCUT2D eigenvalue weighted by Crippen LogP contribution is -2.28. The lowest BCUT2D eigenvalue weighted by molar-refractivity contribution is 0.669. The molecule has 296 valence electrons. The predicted molar refractivity (Wildman–Crippen MR) is 262 cm³/mol. The molecule has 0 bridgehead atoms. The molecule has 1 aromatic heterocycles. The van der Waals surface area contributed by atoms with Gasteiger partial charge in [-0.05, 0) is 97.6 Å². The summed E-state index contributed by atoms with van der Waals surface area (Å²) < 4.78 is 6.62. The van der Waals surface area contributed by atoms with Crippen molar-refractivity contribution in [2.45, 2.75) is 5.41 Å². The molecule has 1 aliphatic rings. The predicted octanol–water partition coefficient (Wildman–Crippen LogP) is 16.4. The fraction of sp³-hybridized carbons (Fsp3) is 0.0164. The smallest absolute Gasteiger partial charge is 0.137 e. The first-order chi connectivity index (χ1) is 31.3. The van der Waals surface area contributed by atoms with E-state index in [1.54, 1.807) is 0 Å². The van der Waals surface area contributed by atoms with Crippen molar-refractivity contribution in [1.82, 2.24) is 0 Å². The highest BCUT2D eigenvalue weighted by atomic mass is 16.3. The van der Waals surface area contributed by atoms with Crippen LogP contribution in [0.1, 0.15) is 22.3 Å². The fourth-order valence-electron chi connectivity index (χ4n) is 10.4. The van der Waals surface area contributed by atoms with Crippen LogP contribution < -0.4 is 4.90 Å². The van der Waals surface area contributed by atoms with Crippen molar-refractivity contribution in [3.8, 4) is 44.5 Å². The standard InChI is InChI=1S/C61H41NO/c1-5-21-42(22-6-1)47-29-13-14-31-50(47)59-48(43-23-7-2-8-24-43)33-19-35-55(59)62(56-36-20-38-58-60(56)51-32-16-18-37-57(51)63-58)46-39-40-54-52(41-46)49-30-15-17-34-53(49)61(54,44-25-9-3-10-26-44)45-27-11-4-12-28-45/h1-41H. The van der Waals surface area contributed by atoms with Gasteiger partial charge in [-0.15, -0.1) is 0 Å². The van der Waals surface area contributed by atoms with E-state index >= 15 is 0 Å². The number of para-hydroxylation sites is 1. The van der Waals surface area contributed by atoms with E-state index in [1.165, 1.54) is 44.5 Å². The molecular formula is C61H41NO. The first kappa shape index (κ1) is 36.6. The number of rotatable bonds is 8. The van der Waals surface area contributed by atoms with Gasteiger partial charge in [-0.3, -0.25) is 0 Å². The number of anilines is 3. The third kappa shape index (κ3) is 5.80. The maximum absolute atomic E-state index is 6.62. The van der Waals surface area contributed by atoms with Crippen molar-refractivity contribution >= 4 is 39.0 Å². The zero-order valence-corrected chi connectivity index (χ0v) is 34.5. The monoisotopic (exact) mass is 803 g/mol. The maximum atomic E-state index is 6.62. The van der Waals surface area contributed by atoms with Gasteiger partial charge in [-0.2, -0.15) is 0 Å². The zero-order chi connectivity index (χ0) is 41.7. The van der Waals surface area contributed by atoms with E-state index in [1.807, 2.05) is 6.07 Å². The first-order valence-corrected chi connectivity index (χ1v) is 21.7. The van der Waals surface area contributed by atoms with Gasteiger partial charge in [0.15, 0.2) is 0 Å². The van der Waals surface area contributed by atoms with Crippen molar-refractivity contribution in [2.24, 2.45) is 0 Å². The Bertz CT molecular complexity index is 3400. The molecule has 0 saturated heterocycles. The largest absolute Gasteiger partial charge is 0.456 e. The van der Waals surface area contributed by atoms with Crippen molar-refractivity contribution in [3.63, 3.8) is 0 Å². The molecule has 2 heteroatoms. The van der Waals surface area contributed by atoms with Gasteiger partial charge in [0.2, 0.25) is 0 Å². The van der Waals surface area contributed by atoms with E-state index in [0.29, 0.717) is 0 Å². The van der Waals surface area contributed by atoms with Crippen LogP contribution in [0.5, 0.6) is 0 Å². The Morgan fingerprint density at radius 1 is 0.333 bits per heavy atom. The number of nitrogens with zero attached hydrogens (tertiary/aromatic N) is 1. The molecule has 11 aromatic rings. The van der Waals surface area contributed by atoms with Gasteiger partial charge >= 0.3 is 0 Å². The Balaban J connectivity index is 1.20. The third-order valence-corrected chi connectivity index (χ3v) is 13.0. The fourth-order valence-corrected chi connectivity index (χ4v) is 10.4. The summed E-state index contributed by atoms with van der Waals surface area (Å²) in [6.07, 6.45) is 0. The summed E-state index contributed by atoms with van der Waals surface area (Å²) in [7, 11) is 0. The van der Waals surface area contributed by atoms with Crippen LogP contribution in [0.2, 0.25) is 0 Å². The Labute approximate surface area is 367 Å². The lowest BCUT2D eigenvalue weighted by Gasteiger charge is -2.34. The second-order valence-electron chi connectivity index (χ2n) is 16.3. The van der Waals surface area contributed by atoms with Crippen LogP contribution in [0.15, 0.2) is 253 Å². The van der Waals surface area contributed by atoms with E-state index in [9.17, 15) is 0 Å². The molecule has 2 nitrogen and oxygen atoms in total. The number of hydrogen-bond acceptors (Lipinski definition) is 2. The second-order valence-corrected chi connectivity index (χ2v) is 16.3. The third-order valence-electron chi connectivity index (χ3n) is 13.0. The molecule has 0 atom stereocenters. The zero-order valence-electron chi connectivity index (χ0n) is 34.5. The van der Waals surface area contributed by atoms with Gasteiger partial charge in [-0.1, -0.05) is 212 Å². The van der Waals surface area contributed by atoms with Crippen molar-refractivity contribution < 1.29 is 4.42 Å². The molecule has 0 spiro atoms. The number of furan rings is 1. The topological polar surface area (TPSA) is 16.4 Å². The molecule has 0 saturated carbocycles. The SMILES string of the molecule is c1ccc(-c2ccccc2-c2c(-c3ccccc3)cccc2N(c2ccc3c(c2)-c2ccccc2C3(c2ccccc2)c2ccccc2)c2cccc3oc4ccccc4c23)cc1. The highest BCUT2D eigenvalue weighted by molar-refractivity contribution is 6.14. The molecule has 12 rings (SSSR count). The average Bonchev–Trinajstić information content (AvgIpc) is 3.89. The molecule has 0 fully saturated rings. The normalized spacial score (nSPS) is 12.6. The highest BCUT2D eigenvalue weighted by Gasteiger charge is 2.46. The van der Waals surface area contributed by atoms with Crippen molar-refractivity contribution in [2.75, 3.05) is 4.90 Å². The van der Waals surface area contributed by atoms with E-state index in [0.717, 1.165) is 61.3 Å². The average molecular weight is 804 g/mol. The van der Waals surface area contributed by atoms with Crippen LogP contribution in [-0.4, -0.2) is 0 Å². The second kappa shape index (κ2) is 15.1. The van der Waals surface area contributed by atoms with Gasteiger partial charge in [0.05, 0.1) is 22.2 Å². The van der Waals surface area contributed by atoms with Gasteiger partial charge in [0.25, 0.3) is 0 Å². The Morgan fingerprint density at radius 2 is 0.841 bits per heavy atom. The van der Waals surface area contributed by atoms with E-state index < -0.39 is 5.41 Å². The highest BCUT2D eigenvalue weighted by Crippen LogP contribution is 2.58. The number of hydrogen-bond donors (Lipinski definition) is 0. The summed E-state index contributed by atoms with van der Waals surface area (Å²) in [5.41, 5.74) is 18.8. The van der Waals surface area contributed by atoms with Crippen molar-refractivity contribution in [1.29, 1.82) is 0 Å². The van der Waals surface area contributed by atoms with Gasteiger partial charge in [-0.25, -0.2) is 0 Å². The molecule has 0 radical (unpaired) electrons. The maximum Gasteiger partial charge on any atom is 0.137 e. The van der Waals surface area contributed by atoms with Gasteiger partial charge in [0.1, 0.15) is 11.2 Å². The number of benzene rings is 10. The summed E-state index contributed by atoms with van der Waals surface area (Å²) in [6, 6.07) is 90.3. The van der Waals surface area contributed by atoms with E-state index in [4.69, 9.17) is 4.42 Å². The van der Waals surface area contributed by atoms with Crippen molar-refractivity contribution in [3.05, 3.63) is 271 Å². The van der Waals surface area contributed by atoms with Gasteiger partial charge in [0, 0.05) is 16.6 Å². The number of fused-ring (bicyclic) bond motifs is 6. The molecule has 0 unspecified atom stereocenters. The summed E-state index contributed by atoms with van der Waals surface area (Å²) in [6.45, 7) is 0. The molecular weight excluding hydrogens is 763 g/mol. The molecule has 1 aliphatic carbocycles. The Morgan fingerprint density at radius 3 is 1.56 bits per heavy atom. The molecule has 1 heterocycles. The lowest BCUT2D eigenvalue weighted by atomic mass is 9.68. The molecule has 0 aliphatic heterocycles. The van der Waals surface area contributed by atoms with Crippen LogP contribution in [0.3, 0.4) is 0 Å². The summed E-state index contributed by atoms with van der Waals surface area (Å²) in [5.74, 6) is 0.